The predicted molar refractivity (Wildman–Crippen MR) is 125 cm³/mol. The first-order valence-corrected chi connectivity index (χ1v) is 11.0. The molecule has 0 bridgehead atoms. The molecule has 0 aliphatic carbocycles. The van der Waals surface area contributed by atoms with Crippen LogP contribution in [0.3, 0.4) is 0 Å². The minimum atomic E-state index is -0.810. The molecule has 4 aromatic rings. The van der Waals surface area contributed by atoms with Gasteiger partial charge in [-0.05, 0) is 25.1 Å². The monoisotopic (exact) mass is 444 g/mol. The highest BCUT2D eigenvalue weighted by atomic mass is 19.1. The topological polar surface area (TPSA) is 78.3 Å². The summed E-state index contributed by atoms with van der Waals surface area (Å²) < 4.78 is 16.8. The standard InChI is InChI=1S/C24H25FN8/c1-17(25)14-31-5-7-32(8-6-31)23-4-3-18(11-27-23)22-9-19(21-13-28-30(2)15-21)16-33-24(22)20(10-26)12-29-33/h3-4,9,11-13,15-17H,5-8,14H2,1-2H3. The molecule has 0 N–H and O–H groups in total. The molecular formula is C24H25FN8. The number of aryl methyl sites for hydroxylation is 1. The zero-order chi connectivity index (χ0) is 22.9. The van der Waals surface area contributed by atoms with Crippen molar-refractivity contribution in [2.24, 2.45) is 7.05 Å². The molecule has 0 aromatic carbocycles. The number of aromatic nitrogens is 5. The number of fused-ring (bicyclic) bond motifs is 1. The predicted octanol–water partition coefficient (Wildman–Crippen LogP) is 3.15. The number of nitriles is 1. The minimum absolute atomic E-state index is 0.482. The van der Waals surface area contributed by atoms with Gasteiger partial charge in [0.25, 0.3) is 0 Å². The third-order valence-electron chi connectivity index (χ3n) is 6.04. The molecule has 1 unspecified atom stereocenters. The van der Waals surface area contributed by atoms with E-state index in [1.165, 1.54) is 0 Å². The highest BCUT2D eigenvalue weighted by Crippen LogP contribution is 2.32. The summed E-state index contributed by atoms with van der Waals surface area (Å²) in [7, 11) is 1.88. The van der Waals surface area contributed by atoms with Crippen LogP contribution >= 0.6 is 0 Å². The van der Waals surface area contributed by atoms with E-state index in [1.807, 2.05) is 44.0 Å². The van der Waals surface area contributed by atoms with Gasteiger partial charge >= 0.3 is 0 Å². The molecule has 4 aromatic heterocycles. The number of alkyl halides is 1. The summed E-state index contributed by atoms with van der Waals surface area (Å²) in [5.41, 5.74) is 5.02. The number of anilines is 1. The number of nitrogens with zero attached hydrogens (tertiary/aromatic N) is 8. The second kappa shape index (κ2) is 8.64. The Labute approximate surface area is 191 Å². The number of rotatable bonds is 5. The van der Waals surface area contributed by atoms with Crippen LogP contribution in [-0.2, 0) is 7.05 Å². The molecule has 8 nitrogen and oxygen atoms in total. The summed E-state index contributed by atoms with van der Waals surface area (Å²) in [4.78, 5) is 9.10. The number of pyridine rings is 2. The van der Waals surface area contributed by atoms with Crippen LogP contribution in [-0.4, -0.2) is 68.2 Å². The Morgan fingerprint density at radius 1 is 1.03 bits per heavy atom. The lowest BCUT2D eigenvalue weighted by atomic mass is 10.0. The van der Waals surface area contributed by atoms with Gasteiger partial charge in [-0.3, -0.25) is 9.58 Å². The highest BCUT2D eigenvalue weighted by Gasteiger charge is 2.20. The molecule has 168 valence electrons. The van der Waals surface area contributed by atoms with Crippen molar-refractivity contribution in [3.63, 3.8) is 0 Å². The lowest BCUT2D eigenvalue weighted by Gasteiger charge is -2.35. The van der Waals surface area contributed by atoms with Crippen molar-refractivity contribution in [3.05, 3.63) is 54.7 Å². The van der Waals surface area contributed by atoms with E-state index < -0.39 is 6.17 Å². The summed E-state index contributed by atoms with van der Waals surface area (Å²) in [6, 6.07) is 8.35. The van der Waals surface area contributed by atoms with Crippen molar-refractivity contribution < 1.29 is 4.39 Å². The van der Waals surface area contributed by atoms with E-state index in [-0.39, 0.29) is 0 Å². The van der Waals surface area contributed by atoms with Gasteiger partial charge in [-0.2, -0.15) is 15.5 Å². The van der Waals surface area contributed by atoms with Crippen molar-refractivity contribution in [1.29, 1.82) is 5.26 Å². The first-order valence-electron chi connectivity index (χ1n) is 11.0. The summed E-state index contributed by atoms with van der Waals surface area (Å²) in [5, 5.41) is 18.3. The van der Waals surface area contributed by atoms with E-state index in [2.05, 4.69) is 32.1 Å². The SMILES string of the molecule is CC(F)CN1CCN(c2ccc(-c3cc(-c4cnn(C)c4)cn4ncc(C#N)c34)cn2)CC1. The molecule has 33 heavy (non-hydrogen) atoms. The Morgan fingerprint density at radius 2 is 1.85 bits per heavy atom. The van der Waals surface area contributed by atoms with Gasteiger partial charge in [0.1, 0.15) is 18.1 Å². The fourth-order valence-corrected chi connectivity index (χ4v) is 4.40. The van der Waals surface area contributed by atoms with Crippen LogP contribution in [0, 0.1) is 11.3 Å². The zero-order valence-corrected chi connectivity index (χ0v) is 18.7. The van der Waals surface area contributed by atoms with Gasteiger partial charge in [-0.15, -0.1) is 0 Å². The highest BCUT2D eigenvalue weighted by molar-refractivity contribution is 5.87. The van der Waals surface area contributed by atoms with Crippen LogP contribution in [0.2, 0.25) is 0 Å². The summed E-state index contributed by atoms with van der Waals surface area (Å²) >= 11 is 0. The third kappa shape index (κ3) is 4.17. The van der Waals surface area contributed by atoms with Crippen LogP contribution in [0.4, 0.5) is 10.2 Å². The molecule has 1 fully saturated rings. The van der Waals surface area contributed by atoms with Crippen LogP contribution in [0.15, 0.2) is 49.2 Å². The van der Waals surface area contributed by atoms with E-state index in [1.54, 1.807) is 22.3 Å². The van der Waals surface area contributed by atoms with Gasteiger partial charge in [0.15, 0.2) is 0 Å². The molecule has 1 aliphatic rings. The summed E-state index contributed by atoms with van der Waals surface area (Å²) in [5.74, 6) is 0.903. The Bertz CT molecular complexity index is 1310. The molecule has 5 rings (SSSR count). The second-order valence-electron chi connectivity index (χ2n) is 8.48. The molecule has 1 atom stereocenters. The summed E-state index contributed by atoms with van der Waals surface area (Å²) in [6.07, 6.45) is 8.30. The lowest BCUT2D eigenvalue weighted by Crippen LogP contribution is -2.48. The summed E-state index contributed by atoms with van der Waals surface area (Å²) in [6.45, 7) is 5.38. The lowest BCUT2D eigenvalue weighted by molar-refractivity contribution is 0.193. The van der Waals surface area contributed by atoms with Crippen molar-refractivity contribution in [2.45, 2.75) is 13.1 Å². The normalized spacial score (nSPS) is 15.6. The Morgan fingerprint density at radius 3 is 2.48 bits per heavy atom. The fourth-order valence-electron chi connectivity index (χ4n) is 4.40. The van der Waals surface area contributed by atoms with Gasteiger partial charge in [0.2, 0.25) is 0 Å². The number of piperazine rings is 1. The number of halogens is 1. The van der Waals surface area contributed by atoms with E-state index >= 15 is 0 Å². The maximum atomic E-state index is 13.3. The molecule has 9 heteroatoms. The van der Waals surface area contributed by atoms with Crippen LogP contribution in [0.25, 0.3) is 27.8 Å². The average molecular weight is 445 g/mol. The van der Waals surface area contributed by atoms with E-state index in [9.17, 15) is 9.65 Å². The minimum Gasteiger partial charge on any atom is -0.354 e. The average Bonchev–Trinajstić information content (AvgIpc) is 3.44. The van der Waals surface area contributed by atoms with Crippen molar-refractivity contribution in [1.82, 2.24) is 29.3 Å². The molecule has 0 radical (unpaired) electrons. The first kappa shape index (κ1) is 21.1. The second-order valence-corrected chi connectivity index (χ2v) is 8.48. The quantitative estimate of drug-likeness (QED) is 0.471. The van der Waals surface area contributed by atoms with Crippen LogP contribution in [0.5, 0.6) is 0 Å². The Kier molecular flexibility index (Phi) is 5.52. The molecular weight excluding hydrogens is 419 g/mol. The van der Waals surface area contributed by atoms with E-state index in [4.69, 9.17) is 4.98 Å². The molecule has 1 aliphatic heterocycles. The van der Waals surface area contributed by atoms with E-state index in [0.717, 1.165) is 59.8 Å². The third-order valence-corrected chi connectivity index (χ3v) is 6.04. The molecule has 0 saturated carbocycles. The molecule has 0 spiro atoms. The van der Waals surface area contributed by atoms with E-state index in [0.29, 0.717) is 12.1 Å². The fraction of sp³-hybridized carbons (Fsp3) is 0.333. The van der Waals surface area contributed by atoms with Gasteiger partial charge in [0, 0.05) is 80.6 Å². The number of hydrogen-bond donors (Lipinski definition) is 0. The smallest absolute Gasteiger partial charge is 0.128 e. The first-order chi connectivity index (χ1) is 16.0. The molecule has 1 saturated heterocycles. The molecule has 0 amide bonds. The Hall–Kier alpha value is -3.77. The maximum Gasteiger partial charge on any atom is 0.128 e. The number of hydrogen-bond acceptors (Lipinski definition) is 6. The Balaban J connectivity index is 1.46. The van der Waals surface area contributed by atoms with Crippen LogP contribution in [0.1, 0.15) is 12.5 Å². The van der Waals surface area contributed by atoms with Crippen molar-refractivity contribution in [2.75, 3.05) is 37.6 Å². The maximum absolute atomic E-state index is 13.3. The van der Waals surface area contributed by atoms with Gasteiger partial charge in [-0.1, -0.05) is 0 Å². The molecule has 5 heterocycles. The van der Waals surface area contributed by atoms with Crippen molar-refractivity contribution >= 4 is 11.3 Å². The van der Waals surface area contributed by atoms with Gasteiger partial charge in [0.05, 0.1) is 23.5 Å². The van der Waals surface area contributed by atoms with Crippen LogP contribution < -0.4 is 4.90 Å². The van der Waals surface area contributed by atoms with Crippen molar-refractivity contribution in [3.8, 4) is 28.3 Å². The van der Waals surface area contributed by atoms with Gasteiger partial charge < -0.3 is 4.90 Å². The largest absolute Gasteiger partial charge is 0.354 e. The van der Waals surface area contributed by atoms with Gasteiger partial charge in [-0.25, -0.2) is 13.9 Å². The zero-order valence-electron chi connectivity index (χ0n) is 18.7.